The second-order valence-electron chi connectivity index (χ2n) is 4.97. The van der Waals surface area contributed by atoms with Gasteiger partial charge in [-0.1, -0.05) is 0 Å². The number of benzene rings is 1. The molecule has 0 aromatic heterocycles. The Morgan fingerprint density at radius 1 is 1.58 bits per heavy atom. The maximum atomic E-state index is 12.0. The van der Waals surface area contributed by atoms with Crippen molar-refractivity contribution < 1.29 is 19.4 Å². The first kappa shape index (κ1) is 13.7. The summed E-state index contributed by atoms with van der Waals surface area (Å²) in [5.41, 5.74) is 0.129. The van der Waals surface area contributed by atoms with E-state index in [1.807, 2.05) is 6.92 Å². The Morgan fingerprint density at radius 3 is 2.95 bits per heavy atom. The molecule has 0 bridgehead atoms. The summed E-state index contributed by atoms with van der Waals surface area (Å²) in [6.45, 7) is 3.21. The van der Waals surface area contributed by atoms with Crippen LogP contribution in [0.2, 0.25) is 0 Å². The Balaban J connectivity index is 1.98. The van der Waals surface area contributed by atoms with Crippen LogP contribution < -0.4 is 10.1 Å². The maximum Gasteiger partial charge on any atom is 0.251 e. The van der Waals surface area contributed by atoms with E-state index >= 15 is 0 Å². The van der Waals surface area contributed by atoms with Crippen molar-refractivity contribution in [3.8, 4) is 11.5 Å². The van der Waals surface area contributed by atoms with Gasteiger partial charge in [-0.05, 0) is 38.0 Å². The minimum atomic E-state index is -0.274. The summed E-state index contributed by atoms with van der Waals surface area (Å²) in [5.74, 6) is 0.0794. The molecule has 1 saturated heterocycles. The number of methoxy groups -OCH3 is 1. The molecule has 19 heavy (non-hydrogen) atoms. The largest absolute Gasteiger partial charge is 0.504 e. The number of phenolic OH excluding ortho intramolecular Hbond substituents is 1. The van der Waals surface area contributed by atoms with E-state index in [4.69, 9.17) is 9.47 Å². The van der Waals surface area contributed by atoms with Crippen molar-refractivity contribution in [1.29, 1.82) is 0 Å². The molecule has 104 valence electrons. The molecule has 1 atom stereocenters. The van der Waals surface area contributed by atoms with Gasteiger partial charge in [0.2, 0.25) is 0 Å². The number of carbonyl (C=O) groups excluding carboxylic acids is 1. The number of aromatic hydroxyl groups is 1. The van der Waals surface area contributed by atoms with Crippen molar-refractivity contribution >= 4 is 5.91 Å². The fourth-order valence-electron chi connectivity index (χ4n) is 2.18. The van der Waals surface area contributed by atoms with Crippen LogP contribution in [0.15, 0.2) is 18.2 Å². The predicted molar refractivity (Wildman–Crippen MR) is 70.6 cm³/mol. The molecule has 1 aromatic rings. The van der Waals surface area contributed by atoms with Gasteiger partial charge < -0.3 is 19.9 Å². The minimum absolute atomic E-state index is 0.0431. The van der Waals surface area contributed by atoms with Crippen molar-refractivity contribution in [1.82, 2.24) is 5.32 Å². The normalized spacial score (nSPS) is 22.2. The summed E-state index contributed by atoms with van der Waals surface area (Å²) < 4.78 is 10.5. The van der Waals surface area contributed by atoms with Gasteiger partial charge in [0, 0.05) is 18.7 Å². The second-order valence-corrected chi connectivity index (χ2v) is 4.97. The van der Waals surface area contributed by atoms with Gasteiger partial charge >= 0.3 is 0 Å². The lowest BCUT2D eigenvalue weighted by Gasteiger charge is -2.23. The monoisotopic (exact) mass is 265 g/mol. The SMILES string of the molecule is COc1ccc(C(=O)NCC2(C)CCCO2)cc1O. The van der Waals surface area contributed by atoms with Gasteiger partial charge in [0.25, 0.3) is 5.91 Å². The first-order valence-electron chi connectivity index (χ1n) is 6.33. The van der Waals surface area contributed by atoms with Crippen LogP contribution in [0.5, 0.6) is 11.5 Å². The van der Waals surface area contributed by atoms with Crippen LogP contribution in [0.4, 0.5) is 0 Å². The van der Waals surface area contributed by atoms with E-state index in [-0.39, 0.29) is 17.3 Å². The highest BCUT2D eigenvalue weighted by atomic mass is 16.5. The van der Waals surface area contributed by atoms with Gasteiger partial charge in [-0.2, -0.15) is 0 Å². The van der Waals surface area contributed by atoms with Gasteiger partial charge in [-0.3, -0.25) is 4.79 Å². The van der Waals surface area contributed by atoms with Gasteiger partial charge in [-0.25, -0.2) is 0 Å². The Bertz CT molecular complexity index is 467. The average Bonchev–Trinajstić information content (AvgIpc) is 2.83. The molecule has 0 aliphatic carbocycles. The van der Waals surface area contributed by atoms with Crippen LogP contribution >= 0.6 is 0 Å². The van der Waals surface area contributed by atoms with Crippen molar-refractivity contribution in [2.75, 3.05) is 20.3 Å². The van der Waals surface area contributed by atoms with Crippen LogP contribution in [0, 0.1) is 0 Å². The van der Waals surface area contributed by atoms with E-state index in [0.29, 0.717) is 17.9 Å². The van der Waals surface area contributed by atoms with Crippen LogP contribution in [0.25, 0.3) is 0 Å². The highest BCUT2D eigenvalue weighted by Gasteiger charge is 2.30. The highest BCUT2D eigenvalue weighted by Crippen LogP contribution is 2.27. The van der Waals surface area contributed by atoms with Crippen LogP contribution in [0.1, 0.15) is 30.1 Å². The first-order chi connectivity index (χ1) is 9.04. The van der Waals surface area contributed by atoms with Gasteiger partial charge in [-0.15, -0.1) is 0 Å². The average molecular weight is 265 g/mol. The highest BCUT2D eigenvalue weighted by molar-refractivity contribution is 5.94. The molecular weight excluding hydrogens is 246 g/mol. The summed E-state index contributed by atoms with van der Waals surface area (Å²) in [5, 5.41) is 12.5. The van der Waals surface area contributed by atoms with E-state index in [2.05, 4.69) is 5.32 Å². The fraction of sp³-hybridized carbons (Fsp3) is 0.500. The third kappa shape index (κ3) is 3.17. The van der Waals surface area contributed by atoms with Crippen LogP contribution in [-0.4, -0.2) is 36.9 Å². The Kier molecular flexibility index (Phi) is 3.95. The summed E-state index contributed by atoms with van der Waals surface area (Å²) in [6, 6.07) is 4.58. The molecule has 2 rings (SSSR count). The van der Waals surface area contributed by atoms with E-state index in [9.17, 15) is 9.90 Å². The van der Waals surface area contributed by atoms with Crippen LogP contribution in [-0.2, 0) is 4.74 Å². The molecule has 0 saturated carbocycles. The summed E-state index contributed by atoms with van der Waals surface area (Å²) in [4.78, 5) is 12.0. The number of carbonyl (C=O) groups is 1. The number of hydrogen-bond donors (Lipinski definition) is 2. The topological polar surface area (TPSA) is 67.8 Å². The fourth-order valence-corrected chi connectivity index (χ4v) is 2.18. The first-order valence-corrected chi connectivity index (χ1v) is 6.33. The van der Waals surface area contributed by atoms with E-state index < -0.39 is 0 Å². The van der Waals surface area contributed by atoms with Crippen molar-refractivity contribution in [2.24, 2.45) is 0 Å². The van der Waals surface area contributed by atoms with Crippen molar-refractivity contribution in [3.63, 3.8) is 0 Å². The number of nitrogens with one attached hydrogen (secondary N) is 1. The molecule has 5 nitrogen and oxygen atoms in total. The quantitative estimate of drug-likeness (QED) is 0.869. The number of ether oxygens (including phenoxy) is 2. The van der Waals surface area contributed by atoms with E-state index in [1.54, 1.807) is 12.1 Å². The molecule has 0 spiro atoms. The number of hydrogen-bond acceptors (Lipinski definition) is 4. The lowest BCUT2D eigenvalue weighted by atomic mass is 10.0. The Hall–Kier alpha value is -1.75. The Labute approximate surface area is 112 Å². The van der Waals surface area contributed by atoms with Crippen molar-refractivity contribution in [3.05, 3.63) is 23.8 Å². The zero-order valence-electron chi connectivity index (χ0n) is 11.2. The van der Waals surface area contributed by atoms with E-state index in [1.165, 1.54) is 13.2 Å². The minimum Gasteiger partial charge on any atom is -0.504 e. The van der Waals surface area contributed by atoms with Crippen molar-refractivity contribution in [2.45, 2.75) is 25.4 Å². The second kappa shape index (κ2) is 5.48. The molecular formula is C14H19NO4. The number of phenols is 1. The zero-order chi connectivity index (χ0) is 13.9. The lowest BCUT2D eigenvalue weighted by Crippen LogP contribution is -2.40. The molecule has 2 N–H and O–H groups in total. The number of amides is 1. The molecule has 1 heterocycles. The van der Waals surface area contributed by atoms with Gasteiger partial charge in [0.1, 0.15) is 0 Å². The predicted octanol–water partition coefficient (Wildman–Crippen LogP) is 1.70. The summed E-state index contributed by atoms with van der Waals surface area (Å²) in [7, 11) is 1.47. The molecule has 1 aliphatic heterocycles. The maximum absolute atomic E-state index is 12.0. The zero-order valence-corrected chi connectivity index (χ0v) is 11.2. The molecule has 1 amide bonds. The molecule has 5 heteroatoms. The molecule has 1 aliphatic rings. The summed E-state index contributed by atoms with van der Waals surface area (Å²) >= 11 is 0. The molecule has 0 radical (unpaired) electrons. The van der Waals surface area contributed by atoms with Gasteiger partial charge in [0.15, 0.2) is 11.5 Å². The molecule has 1 fully saturated rings. The molecule has 1 aromatic carbocycles. The number of rotatable bonds is 4. The third-order valence-corrected chi connectivity index (χ3v) is 3.36. The molecule has 1 unspecified atom stereocenters. The standard InChI is InChI=1S/C14H19NO4/c1-14(6-3-7-19-14)9-15-13(17)10-4-5-12(18-2)11(16)8-10/h4-5,8,16H,3,6-7,9H2,1-2H3,(H,15,17). The van der Waals surface area contributed by atoms with Crippen LogP contribution in [0.3, 0.4) is 0 Å². The summed E-state index contributed by atoms with van der Waals surface area (Å²) in [6.07, 6.45) is 1.97. The smallest absolute Gasteiger partial charge is 0.251 e. The van der Waals surface area contributed by atoms with E-state index in [0.717, 1.165) is 19.4 Å². The lowest BCUT2D eigenvalue weighted by molar-refractivity contribution is 0.0206. The Morgan fingerprint density at radius 2 is 2.37 bits per heavy atom. The van der Waals surface area contributed by atoms with Gasteiger partial charge in [0.05, 0.1) is 12.7 Å². The third-order valence-electron chi connectivity index (χ3n) is 3.36.